The number of halogens is 3. The standard InChI is InChI=1S/C15H11ClF2O3/c16-10-6-8(7-12-15(10)21-5-4-20-12)14(19)9-2-1-3-11(17)13(9)18/h1-3,6-7,14,19H,4-5H2. The minimum atomic E-state index is -1.35. The van der Waals surface area contributed by atoms with Crippen LogP contribution >= 0.6 is 11.6 Å². The van der Waals surface area contributed by atoms with E-state index in [1.807, 2.05) is 0 Å². The number of aliphatic hydroxyl groups is 1. The molecule has 6 heteroatoms. The molecule has 0 fully saturated rings. The van der Waals surface area contributed by atoms with Crippen molar-refractivity contribution >= 4 is 11.6 Å². The molecule has 1 atom stereocenters. The van der Waals surface area contributed by atoms with Gasteiger partial charge in [-0.1, -0.05) is 23.7 Å². The number of hydrogen-bond acceptors (Lipinski definition) is 3. The molecular weight excluding hydrogens is 302 g/mol. The molecule has 0 spiro atoms. The van der Waals surface area contributed by atoms with Crippen LogP contribution in [0.3, 0.4) is 0 Å². The van der Waals surface area contributed by atoms with Gasteiger partial charge in [0.2, 0.25) is 0 Å². The molecule has 1 aliphatic rings. The summed E-state index contributed by atoms with van der Waals surface area (Å²) >= 11 is 6.07. The van der Waals surface area contributed by atoms with Crippen LogP contribution in [0, 0.1) is 11.6 Å². The molecule has 3 nitrogen and oxygen atoms in total. The Morgan fingerprint density at radius 1 is 1.14 bits per heavy atom. The van der Waals surface area contributed by atoms with Crippen LogP contribution in [0.1, 0.15) is 17.2 Å². The maximum Gasteiger partial charge on any atom is 0.179 e. The second kappa shape index (κ2) is 5.50. The van der Waals surface area contributed by atoms with Crippen molar-refractivity contribution in [1.29, 1.82) is 0 Å². The lowest BCUT2D eigenvalue weighted by Gasteiger charge is -2.21. The summed E-state index contributed by atoms with van der Waals surface area (Å²) in [4.78, 5) is 0. The highest BCUT2D eigenvalue weighted by Crippen LogP contribution is 2.40. The Morgan fingerprint density at radius 3 is 2.71 bits per heavy atom. The first-order valence-corrected chi connectivity index (χ1v) is 6.66. The first-order valence-electron chi connectivity index (χ1n) is 6.29. The van der Waals surface area contributed by atoms with Gasteiger partial charge < -0.3 is 14.6 Å². The monoisotopic (exact) mass is 312 g/mol. The summed E-state index contributed by atoms with van der Waals surface area (Å²) in [6.07, 6.45) is -1.35. The molecule has 1 N–H and O–H groups in total. The summed E-state index contributed by atoms with van der Waals surface area (Å²) < 4.78 is 37.8. The number of benzene rings is 2. The maximum absolute atomic E-state index is 13.8. The van der Waals surface area contributed by atoms with E-state index in [0.717, 1.165) is 6.07 Å². The first-order chi connectivity index (χ1) is 10.1. The van der Waals surface area contributed by atoms with E-state index < -0.39 is 17.7 Å². The third-order valence-corrected chi connectivity index (χ3v) is 3.49. The predicted molar refractivity (Wildman–Crippen MR) is 72.9 cm³/mol. The van der Waals surface area contributed by atoms with Crippen molar-refractivity contribution in [3.63, 3.8) is 0 Å². The molecule has 110 valence electrons. The highest BCUT2D eigenvalue weighted by Gasteiger charge is 2.22. The van der Waals surface area contributed by atoms with Gasteiger partial charge in [-0.15, -0.1) is 0 Å². The van der Waals surface area contributed by atoms with E-state index in [9.17, 15) is 13.9 Å². The van der Waals surface area contributed by atoms with Crippen LogP contribution in [0.4, 0.5) is 8.78 Å². The van der Waals surface area contributed by atoms with E-state index in [1.54, 1.807) is 0 Å². The Bertz CT molecular complexity index is 691. The number of fused-ring (bicyclic) bond motifs is 1. The Balaban J connectivity index is 2.04. The highest BCUT2D eigenvalue weighted by molar-refractivity contribution is 6.32. The molecular formula is C15H11ClF2O3. The molecule has 0 amide bonds. The molecule has 0 aromatic heterocycles. The largest absolute Gasteiger partial charge is 0.486 e. The number of aliphatic hydroxyl groups excluding tert-OH is 1. The topological polar surface area (TPSA) is 38.7 Å². The zero-order valence-electron chi connectivity index (χ0n) is 10.8. The van der Waals surface area contributed by atoms with Gasteiger partial charge in [0.1, 0.15) is 19.3 Å². The number of ether oxygens (including phenoxy) is 2. The van der Waals surface area contributed by atoms with Gasteiger partial charge in [0.15, 0.2) is 23.1 Å². The van der Waals surface area contributed by atoms with Crippen molar-refractivity contribution in [3.05, 3.63) is 58.1 Å². The zero-order chi connectivity index (χ0) is 15.0. The second-order valence-electron chi connectivity index (χ2n) is 4.57. The average molecular weight is 313 g/mol. The van der Waals surface area contributed by atoms with Crippen LogP contribution in [0.25, 0.3) is 0 Å². The van der Waals surface area contributed by atoms with Crippen LogP contribution < -0.4 is 9.47 Å². The minimum Gasteiger partial charge on any atom is -0.486 e. The van der Waals surface area contributed by atoms with Crippen LogP contribution in [-0.4, -0.2) is 18.3 Å². The molecule has 3 rings (SSSR count). The molecule has 1 aliphatic heterocycles. The highest BCUT2D eigenvalue weighted by atomic mass is 35.5. The van der Waals surface area contributed by atoms with Gasteiger partial charge in [-0.2, -0.15) is 0 Å². The third-order valence-electron chi connectivity index (χ3n) is 3.21. The lowest BCUT2D eigenvalue weighted by Crippen LogP contribution is -2.16. The van der Waals surface area contributed by atoms with Crippen molar-refractivity contribution in [2.24, 2.45) is 0 Å². The lowest BCUT2D eigenvalue weighted by atomic mass is 10.0. The van der Waals surface area contributed by atoms with Gasteiger partial charge >= 0.3 is 0 Å². The molecule has 0 bridgehead atoms. The van der Waals surface area contributed by atoms with E-state index in [2.05, 4.69) is 0 Å². The van der Waals surface area contributed by atoms with Crippen molar-refractivity contribution in [2.75, 3.05) is 13.2 Å². The van der Waals surface area contributed by atoms with Gasteiger partial charge in [0, 0.05) is 5.56 Å². The fourth-order valence-electron chi connectivity index (χ4n) is 2.20. The van der Waals surface area contributed by atoms with Crippen molar-refractivity contribution in [2.45, 2.75) is 6.10 Å². The Labute approximate surface area is 124 Å². The maximum atomic E-state index is 13.8. The van der Waals surface area contributed by atoms with E-state index in [0.29, 0.717) is 30.3 Å². The zero-order valence-corrected chi connectivity index (χ0v) is 11.5. The van der Waals surface area contributed by atoms with E-state index in [1.165, 1.54) is 24.3 Å². The van der Waals surface area contributed by atoms with Crippen LogP contribution in [-0.2, 0) is 0 Å². The molecule has 0 radical (unpaired) electrons. The predicted octanol–water partition coefficient (Wildman–Crippen LogP) is 3.47. The van der Waals surface area contributed by atoms with Crippen molar-refractivity contribution in [1.82, 2.24) is 0 Å². The normalized spacial score (nSPS) is 14.9. The van der Waals surface area contributed by atoms with Crippen LogP contribution in [0.2, 0.25) is 5.02 Å². The summed E-state index contributed by atoms with van der Waals surface area (Å²) in [7, 11) is 0. The van der Waals surface area contributed by atoms with Gasteiger partial charge in [-0.3, -0.25) is 0 Å². The fourth-order valence-corrected chi connectivity index (χ4v) is 2.47. The molecule has 0 aliphatic carbocycles. The van der Waals surface area contributed by atoms with Gasteiger partial charge in [0.25, 0.3) is 0 Å². The van der Waals surface area contributed by atoms with E-state index >= 15 is 0 Å². The lowest BCUT2D eigenvalue weighted by molar-refractivity contribution is 0.169. The van der Waals surface area contributed by atoms with Gasteiger partial charge in [-0.25, -0.2) is 8.78 Å². The van der Waals surface area contributed by atoms with Crippen LogP contribution in [0.15, 0.2) is 30.3 Å². The second-order valence-corrected chi connectivity index (χ2v) is 4.98. The summed E-state index contributed by atoms with van der Waals surface area (Å²) in [5, 5.41) is 10.5. The summed E-state index contributed by atoms with van der Waals surface area (Å²) in [5.74, 6) is -1.34. The van der Waals surface area contributed by atoms with Gasteiger partial charge in [-0.05, 0) is 23.8 Å². The van der Waals surface area contributed by atoms with Crippen molar-refractivity contribution in [3.8, 4) is 11.5 Å². The summed E-state index contributed by atoms with van der Waals surface area (Å²) in [6.45, 7) is 0.740. The number of rotatable bonds is 2. The van der Waals surface area contributed by atoms with Gasteiger partial charge in [0.05, 0.1) is 5.02 Å². The molecule has 21 heavy (non-hydrogen) atoms. The minimum absolute atomic E-state index is 0.164. The Kier molecular flexibility index (Phi) is 3.69. The Hall–Kier alpha value is -1.85. The fraction of sp³-hybridized carbons (Fsp3) is 0.200. The third kappa shape index (κ3) is 2.54. The van der Waals surface area contributed by atoms with Crippen molar-refractivity contribution < 1.29 is 23.4 Å². The van der Waals surface area contributed by atoms with Crippen LogP contribution in [0.5, 0.6) is 11.5 Å². The summed E-state index contributed by atoms with van der Waals surface area (Å²) in [6, 6.07) is 6.59. The van der Waals surface area contributed by atoms with E-state index in [-0.39, 0.29) is 10.6 Å². The smallest absolute Gasteiger partial charge is 0.179 e. The summed E-state index contributed by atoms with van der Waals surface area (Å²) in [5.41, 5.74) is 0.136. The molecule has 0 saturated carbocycles. The van der Waals surface area contributed by atoms with E-state index in [4.69, 9.17) is 21.1 Å². The first kappa shape index (κ1) is 14.1. The molecule has 2 aromatic carbocycles. The Morgan fingerprint density at radius 2 is 1.90 bits per heavy atom. The number of hydrogen-bond donors (Lipinski definition) is 1. The molecule has 2 aromatic rings. The molecule has 1 unspecified atom stereocenters. The quantitative estimate of drug-likeness (QED) is 0.923. The molecule has 0 saturated heterocycles. The molecule has 1 heterocycles. The SMILES string of the molecule is OC(c1cc(Cl)c2c(c1)OCCO2)c1cccc(F)c1F. The average Bonchev–Trinajstić information content (AvgIpc) is 2.49.